The fourth-order valence-electron chi connectivity index (χ4n) is 1.39. The first-order chi connectivity index (χ1) is 6.68. The van der Waals surface area contributed by atoms with Gasteiger partial charge in [0.25, 0.3) is 5.56 Å². The van der Waals surface area contributed by atoms with E-state index >= 15 is 0 Å². The van der Waals surface area contributed by atoms with Gasteiger partial charge in [0, 0.05) is 25.4 Å². The van der Waals surface area contributed by atoms with E-state index < -0.39 is 5.97 Å². The highest BCUT2D eigenvalue weighted by Gasteiger charge is 2.19. The molecule has 1 aromatic heterocycles. The third kappa shape index (κ3) is 1.42. The van der Waals surface area contributed by atoms with Crippen LogP contribution in [0.5, 0.6) is 0 Å². The summed E-state index contributed by atoms with van der Waals surface area (Å²) in [5.41, 5.74) is -0.213. The maximum atomic E-state index is 11.5. The van der Waals surface area contributed by atoms with Crippen LogP contribution in [0.4, 0.5) is 0 Å². The molecule has 74 valence electrons. The Morgan fingerprint density at radius 1 is 1.57 bits per heavy atom. The lowest BCUT2D eigenvalue weighted by Gasteiger charge is -2.28. The highest BCUT2D eigenvalue weighted by molar-refractivity contribution is 5.87. The zero-order valence-electron chi connectivity index (χ0n) is 7.43. The number of nitrogens with one attached hydrogen (secondary N) is 1. The highest BCUT2D eigenvalue weighted by Crippen LogP contribution is 2.08. The van der Waals surface area contributed by atoms with Crippen molar-refractivity contribution in [2.24, 2.45) is 0 Å². The van der Waals surface area contributed by atoms with Crippen molar-refractivity contribution in [3.8, 4) is 0 Å². The van der Waals surface area contributed by atoms with Crippen LogP contribution < -0.4 is 10.9 Å². The molecule has 1 fully saturated rings. The van der Waals surface area contributed by atoms with Crippen LogP contribution in [0, 0.1) is 0 Å². The van der Waals surface area contributed by atoms with Gasteiger partial charge in [-0.2, -0.15) is 0 Å². The van der Waals surface area contributed by atoms with E-state index in [0.717, 1.165) is 19.2 Å². The second-order valence-electron chi connectivity index (χ2n) is 3.28. The Morgan fingerprint density at radius 2 is 2.29 bits per heavy atom. The van der Waals surface area contributed by atoms with Crippen molar-refractivity contribution in [2.75, 3.05) is 13.1 Å². The minimum atomic E-state index is -1.07. The number of rotatable bonds is 2. The fraction of sp³-hybridized carbons (Fsp3) is 0.333. The van der Waals surface area contributed by atoms with Gasteiger partial charge in [-0.05, 0) is 6.07 Å². The number of aromatic carboxylic acids is 1. The molecular formula is C9H10N2O3. The molecule has 2 N–H and O–H groups in total. The number of carboxylic acid groups (broad SMARTS) is 1. The van der Waals surface area contributed by atoms with Crippen molar-refractivity contribution in [3.05, 3.63) is 34.2 Å². The van der Waals surface area contributed by atoms with Crippen molar-refractivity contribution >= 4 is 5.97 Å². The van der Waals surface area contributed by atoms with E-state index in [1.54, 1.807) is 4.57 Å². The van der Waals surface area contributed by atoms with Gasteiger partial charge in [0.15, 0.2) is 0 Å². The smallest absolute Gasteiger partial charge is 0.335 e. The second kappa shape index (κ2) is 3.26. The molecule has 1 aromatic rings. The van der Waals surface area contributed by atoms with Crippen LogP contribution in [-0.4, -0.2) is 28.7 Å². The van der Waals surface area contributed by atoms with Gasteiger partial charge in [0.1, 0.15) is 0 Å². The molecule has 14 heavy (non-hydrogen) atoms. The van der Waals surface area contributed by atoms with E-state index in [9.17, 15) is 9.59 Å². The van der Waals surface area contributed by atoms with E-state index in [1.165, 1.54) is 12.3 Å². The van der Waals surface area contributed by atoms with E-state index in [0.29, 0.717) is 0 Å². The van der Waals surface area contributed by atoms with Crippen LogP contribution in [-0.2, 0) is 0 Å². The summed E-state index contributed by atoms with van der Waals surface area (Å²) in [6.45, 7) is 1.54. The molecule has 1 saturated heterocycles. The summed E-state index contributed by atoms with van der Waals surface area (Å²) < 4.78 is 1.56. The van der Waals surface area contributed by atoms with Gasteiger partial charge in [-0.3, -0.25) is 4.79 Å². The molecule has 0 spiro atoms. The number of hydrogen-bond donors (Lipinski definition) is 2. The van der Waals surface area contributed by atoms with Crippen LogP contribution in [0.3, 0.4) is 0 Å². The Hall–Kier alpha value is -1.62. The predicted octanol–water partition coefficient (Wildman–Crippen LogP) is -0.309. The summed E-state index contributed by atoms with van der Waals surface area (Å²) in [7, 11) is 0. The minimum absolute atomic E-state index is 0.0403. The quantitative estimate of drug-likeness (QED) is 0.677. The number of pyridine rings is 1. The van der Waals surface area contributed by atoms with Crippen LogP contribution >= 0.6 is 0 Å². The molecule has 0 aromatic carbocycles. The van der Waals surface area contributed by atoms with Crippen LogP contribution in [0.15, 0.2) is 23.1 Å². The molecule has 1 aliphatic rings. The topological polar surface area (TPSA) is 71.3 Å². The van der Waals surface area contributed by atoms with Gasteiger partial charge in [-0.15, -0.1) is 0 Å². The number of carboxylic acids is 1. The van der Waals surface area contributed by atoms with E-state index in [-0.39, 0.29) is 17.2 Å². The highest BCUT2D eigenvalue weighted by atomic mass is 16.4. The summed E-state index contributed by atoms with van der Waals surface area (Å²) in [6.07, 6.45) is 1.54. The Balaban J connectivity index is 2.36. The van der Waals surface area contributed by atoms with Gasteiger partial charge in [0.05, 0.1) is 11.6 Å². The zero-order chi connectivity index (χ0) is 10.1. The molecule has 2 rings (SSSR count). The average Bonchev–Trinajstić information content (AvgIpc) is 2.04. The lowest BCUT2D eigenvalue weighted by atomic mass is 10.1. The molecule has 1 aliphatic heterocycles. The third-order valence-corrected chi connectivity index (χ3v) is 2.35. The molecule has 0 bridgehead atoms. The molecule has 0 unspecified atom stereocenters. The Kier molecular flexibility index (Phi) is 2.09. The normalized spacial score (nSPS) is 16.3. The third-order valence-electron chi connectivity index (χ3n) is 2.35. The lowest BCUT2D eigenvalue weighted by Crippen LogP contribution is -2.46. The van der Waals surface area contributed by atoms with Gasteiger partial charge >= 0.3 is 5.97 Å². The first-order valence-electron chi connectivity index (χ1n) is 4.34. The number of nitrogens with zero attached hydrogens (tertiary/aromatic N) is 1. The number of hydrogen-bond acceptors (Lipinski definition) is 3. The van der Waals surface area contributed by atoms with Crippen molar-refractivity contribution in [1.29, 1.82) is 0 Å². The summed E-state index contributed by atoms with van der Waals surface area (Å²) >= 11 is 0. The molecule has 0 radical (unpaired) electrons. The van der Waals surface area contributed by atoms with Crippen LogP contribution in [0.2, 0.25) is 0 Å². The summed E-state index contributed by atoms with van der Waals surface area (Å²) in [4.78, 5) is 22.0. The largest absolute Gasteiger partial charge is 0.478 e. The van der Waals surface area contributed by atoms with Crippen LogP contribution in [0.1, 0.15) is 16.4 Å². The molecule has 0 atom stereocenters. The molecule has 5 heteroatoms. The SMILES string of the molecule is O=C(O)c1ccn(C2CNC2)c(=O)c1. The van der Waals surface area contributed by atoms with E-state index in [4.69, 9.17) is 5.11 Å². The van der Waals surface area contributed by atoms with E-state index in [1.807, 2.05) is 0 Å². The maximum absolute atomic E-state index is 11.5. The molecule has 0 amide bonds. The minimum Gasteiger partial charge on any atom is -0.478 e. The molecular weight excluding hydrogens is 184 g/mol. The average molecular weight is 194 g/mol. The van der Waals surface area contributed by atoms with Crippen molar-refractivity contribution in [2.45, 2.75) is 6.04 Å². The fourth-order valence-corrected chi connectivity index (χ4v) is 1.39. The van der Waals surface area contributed by atoms with Gasteiger partial charge in [-0.1, -0.05) is 0 Å². The van der Waals surface area contributed by atoms with Gasteiger partial charge < -0.3 is 15.0 Å². The summed E-state index contributed by atoms with van der Waals surface area (Å²) in [5, 5.41) is 11.7. The molecule has 5 nitrogen and oxygen atoms in total. The van der Waals surface area contributed by atoms with Crippen molar-refractivity contribution in [1.82, 2.24) is 9.88 Å². The van der Waals surface area contributed by atoms with E-state index in [2.05, 4.69) is 5.32 Å². The van der Waals surface area contributed by atoms with Crippen molar-refractivity contribution < 1.29 is 9.90 Å². The standard InChI is InChI=1S/C9H10N2O3/c12-8-3-6(9(13)14)1-2-11(8)7-4-10-5-7/h1-3,7,10H,4-5H2,(H,13,14). The molecule has 0 aliphatic carbocycles. The number of carbonyl (C=O) groups is 1. The first kappa shape index (κ1) is 8.96. The summed E-state index contributed by atoms with van der Waals surface area (Å²) in [5.74, 6) is -1.07. The van der Waals surface area contributed by atoms with Gasteiger partial charge in [-0.25, -0.2) is 4.79 Å². The molecule has 0 saturated carbocycles. The zero-order valence-corrected chi connectivity index (χ0v) is 7.43. The summed E-state index contributed by atoms with van der Waals surface area (Å²) in [6, 6.07) is 2.77. The number of aromatic nitrogens is 1. The molecule has 2 heterocycles. The Bertz CT molecular complexity index is 420. The van der Waals surface area contributed by atoms with Gasteiger partial charge in [0.2, 0.25) is 0 Å². The predicted molar refractivity (Wildman–Crippen MR) is 49.6 cm³/mol. The maximum Gasteiger partial charge on any atom is 0.335 e. The second-order valence-corrected chi connectivity index (χ2v) is 3.28. The first-order valence-corrected chi connectivity index (χ1v) is 4.34. The Morgan fingerprint density at radius 3 is 2.71 bits per heavy atom. The monoisotopic (exact) mass is 194 g/mol. The Labute approximate surface area is 80.0 Å². The van der Waals surface area contributed by atoms with Crippen LogP contribution in [0.25, 0.3) is 0 Å². The lowest BCUT2D eigenvalue weighted by molar-refractivity contribution is 0.0696. The van der Waals surface area contributed by atoms with Crippen molar-refractivity contribution in [3.63, 3.8) is 0 Å².